The van der Waals surface area contributed by atoms with Crippen LogP contribution in [0.5, 0.6) is 5.75 Å². The minimum absolute atomic E-state index is 0.579. The van der Waals surface area contributed by atoms with E-state index in [1.54, 1.807) is 18.4 Å². The van der Waals surface area contributed by atoms with E-state index in [1.807, 2.05) is 48.1 Å². The normalized spacial score (nSPS) is 10.2. The van der Waals surface area contributed by atoms with Crippen molar-refractivity contribution in [3.63, 3.8) is 0 Å². The molecule has 4 nitrogen and oxygen atoms in total. The van der Waals surface area contributed by atoms with Crippen LogP contribution in [0.3, 0.4) is 0 Å². The zero-order valence-corrected chi connectivity index (χ0v) is 11.7. The molecule has 100 valence electrons. The Balaban J connectivity index is 1.74. The summed E-state index contributed by atoms with van der Waals surface area (Å²) in [6.07, 6.45) is 3.65. The Bertz CT molecular complexity index is 663. The molecular formula is C15H13N3OS. The zero-order chi connectivity index (χ0) is 13.8. The standard InChI is InChI=1S/C15H13N3OS/c1-19-13-6-4-12(5-7-13)18-15-16-9-11(10-17-15)14-3-2-8-20-14/h2-10H,1H3,(H,16,17,18). The van der Waals surface area contributed by atoms with E-state index in [4.69, 9.17) is 4.74 Å². The second kappa shape index (κ2) is 5.71. The maximum Gasteiger partial charge on any atom is 0.227 e. The van der Waals surface area contributed by atoms with Gasteiger partial charge in [-0.25, -0.2) is 9.97 Å². The first kappa shape index (κ1) is 12.6. The lowest BCUT2D eigenvalue weighted by Crippen LogP contribution is -1.96. The molecule has 3 aromatic rings. The van der Waals surface area contributed by atoms with Crippen molar-refractivity contribution in [2.24, 2.45) is 0 Å². The minimum atomic E-state index is 0.579. The van der Waals surface area contributed by atoms with Crippen molar-refractivity contribution >= 4 is 23.0 Å². The van der Waals surface area contributed by atoms with E-state index in [2.05, 4.69) is 21.4 Å². The molecule has 20 heavy (non-hydrogen) atoms. The van der Waals surface area contributed by atoms with E-state index < -0.39 is 0 Å². The van der Waals surface area contributed by atoms with Crippen LogP contribution in [0.1, 0.15) is 0 Å². The number of hydrogen-bond donors (Lipinski definition) is 1. The number of aromatic nitrogens is 2. The first-order valence-corrected chi connectivity index (χ1v) is 7.00. The highest BCUT2D eigenvalue weighted by molar-refractivity contribution is 7.13. The molecule has 1 aromatic carbocycles. The molecule has 0 saturated carbocycles. The molecule has 2 aromatic heterocycles. The van der Waals surface area contributed by atoms with E-state index in [0.717, 1.165) is 17.0 Å². The second-order valence-electron chi connectivity index (χ2n) is 4.13. The van der Waals surface area contributed by atoms with Crippen molar-refractivity contribution in [1.82, 2.24) is 9.97 Å². The molecule has 0 amide bonds. The van der Waals surface area contributed by atoms with Crippen molar-refractivity contribution < 1.29 is 4.74 Å². The number of ether oxygens (including phenoxy) is 1. The molecule has 3 rings (SSSR count). The van der Waals surface area contributed by atoms with E-state index in [1.165, 1.54) is 4.88 Å². The maximum absolute atomic E-state index is 5.12. The summed E-state index contributed by atoms with van der Waals surface area (Å²) >= 11 is 1.68. The van der Waals surface area contributed by atoms with Gasteiger partial charge < -0.3 is 10.1 Å². The highest BCUT2D eigenvalue weighted by Gasteiger charge is 2.02. The molecule has 5 heteroatoms. The zero-order valence-electron chi connectivity index (χ0n) is 10.9. The molecular weight excluding hydrogens is 270 g/mol. The fourth-order valence-corrected chi connectivity index (χ4v) is 2.47. The fraction of sp³-hybridized carbons (Fsp3) is 0.0667. The molecule has 0 aliphatic heterocycles. The van der Waals surface area contributed by atoms with Crippen LogP contribution >= 0.6 is 11.3 Å². The number of nitrogens with zero attached hydrogens (tertiary/aromatic N) is 2. The van der Waals surface area contributed by atoms with Gasteiger partial charge in [-0.3, -0.25) is 0 Å². The molecule has 0 fully saturated rings. The predicted octanol–water partition coefficient (Wildman–Crippen LogP) is 3.96. The number of methoxy groups -OCH3 is 1. The quantitative estimate of drug-likeness (QED) is 0.787. The van der Waals surface area contributed by atoms with Gasteiger partial charge in [0.1, 0.15) is 5.75 Å². The molecule has 2 heterocycles. The third-order valence-electron chi connectivity index (χ3n) is 2.80. The maximum atomic E-state index is 5.12. The Kier molecular flexibility index (Phi) is 3.60. The molecule has 0 unspecified atom stereocenters. The predicted molar refractivity (Wildman–Crippen MR) is 81.6 cm³/mol. The average molecular weight is 283 g/mol. The lowest BCUT2D eigenvalue weighted by Gasteiger charge is -2.06. The minimum Gasteiger partial charge on any atom is -0.497 e. The molecule has 0 spiro atoms. The van der Waals surface area contributed by atoms with Gasteiger partial charge in [-0.15, -0.1) is 11.3 Å². The Morgan fingerprint density at radius 3 is 2.40 bits per heavy atom. The van der Waals surface area contributed by atoms with Crippen LogP contribution in [0, 0.1) is 0 Å². The summed E-state index contributed by atoms with van der Waals surface area (Å²) < 4.78 is 5.12. The summed E-state index contributed by atoms with van der Waals surface area (Å²) in [7, 11) is 1.65. The highest BCUT2D eigenvalue weighted by Crippen LogP contribution is 2.24. The Morgan fingerprint density at radius 2 is 1.80 bits per heavy atom. The summed E-state index contributed by atoms with van der Waals surface area (Å²) in [6, 6.07) is 11.7. The third-order valence-corrected chi connectivity index (χ3v) is 3.72. The lowest BCUT2D eigenvalue weighted by atomic mass is 10.3. The first-order valence-electron chi connectivity index (χ1n) is 6.12. The van der Waals surface area contributed by atoms with Crippen LogP contribution in [0.2, 0.25) is 0 Å². The summed E-state index contributed by atoms with van der Waals surface area (Å²) in [5.74, 6) is 1.40. The van der Waals surface area contributed by atoms with Crippen LogP contribution in [0.4, 0.5) is 11.6 Å². The molecule has 0 aliphatic rings. The largest absolute Gasteiger partial charge is 0.497 e. The van der Waals surface area contributed by atoms with E-state index in [-0.39, 0.29) is 0 Å². The van der Waals surface area contributed by atoms with Crippen molar-refractivity contribution in [2.75, 3.05) is 12.4 Å². The topological polar surface area (TPSA) is 47.0 Å². The number of nitrogens with one attached hydrogen (secondary N) is 1. The fourth-order valence-electron chi connectivity index (χ4n) is 1.77. The summed E-state index contributed by atoms with van der Waals surface area (Å²) in [5.41, 5.74) is 1.95. The van der Waals surface area contributed by atoms with Gasteiger partial charge >= 0.3 is 0 Å². The van der Waals surface area contributed by atoms with Crippen LogP contribution in [0.25, 0.3) is 10.4 Å². The second-order valence-corrected chi connectivity index (χ2v) is 5.07. The Morgan fingerprint density at radius 1 is 1.05 bits per heavy atom. The van der Waals surface area contributed by atoms with Gasteiger partial charge in [0, 0.05) is 28.5 Å². The van der Waals surface area contributed by atoms with E-state index >= 15 is 0 Å². The van der Waals surface area contributed by atoms with Gasteiger partial charge in [-0.2, -0.15) is 0 Å². The summed E-state index contributed by atoms with van der Waals surface area (Å²) in [5, 5.41) is 5.19. The number of anilines is 2. The monoisotopic (exact) mass is 283 g/mol. The number of thiophene rings is 1. The number of hydrogen-bond acceptors (Lipinski definition) is 5. The van der Waals surface area contributed by atoms with Gasteiger partial charge in [0.2, 0.25) is 5.95 Å². The van der Waals surface area contributed by atoms with Crippen molar-refractivity contribution in [3.8, 4) is 16.2 Å². The van der Waals surface area contributed by atoms with Crippen LogP contribution in [-0.2, 0) is 0 Å². The molecule has 0 atom stereocenters. The molecule has 0 radical (unpaired) electrons. The van der Waals surface area contributed by atoms with E-state index in [9.17, 15) is 0 Å². The summed E-state index contributed by atoms with van der Waals surface area (Å²) in [6.45, 7) is 0. The van der Waals surface area contributed by atoms with Crippen molar-refractivity contribution in [1.29, 1.82) is 0 Å². The average Bonchev–Trinajstić information content (AvgIpc) is 3.03. The molecule has 1 N–H and O–H groups in total. The van der Waals surface area contributed by atoms with Crippen LogP contribution < -0.4 is 10.1 Å². The van der Waals surface area contributed by atoms with Gasteiger partial charge in [0.25, 0.3) is 0 Å². The first-order chi connectivity index (χ1) is 9.85. The molecule has 0 bridgehead atoms. The van der Waals surface area contributed by atoms with E-state index in [0.29, 0.717) is 5.95 Å². The molecule has 0 aliphatic carbocycles. The van der Waals surface area contributed by atoms with Crippen molar-refractivity contribution in [3.05, 3.63) is 54.2 Å². The molecule has 0 saturated heterocycles. The number of rotatable bonds is 4. The highest BCUT2D eigenvalue weighted by atomic mass is 32.1. The van der Waals surface area contributed by atoms with Gasteiger partial charge in [-0.05, 0) is 35.7 Å². The summed E-state index contributed by atoms with van der Waals surface area (Å²) in [4.78, 5) is 9.82. The lowest BCUT2D eigenvalue weighted by molar-refractivity contribution is 0.415. The van der Waals surface area contributed by atoms with Gasteiger partial charge in [0.05, 0.1) is 7.11 Å². The van der Waals surface area contributed by atoms with Gasteiger partial charge in [0.15, 0.2) is 0 Å². The third kappa shape index (κ3) is 2.78. The SMILES string of the molecule is COc1ccc(Nc2ncc(-c3cccs3)cn2)cc1. The number of benzene rings is 1. The van der Waals surface area contributed by atoms with Crippen molar-refractivity contribution in [2.45, 2.75) is 0 Å². The Labute approximate surface area is 121 Å². The smallest absolute Gasteiger partial charge is 0.227 e. The Hall–Kier alpha value is -2.40. The van der Waals surface area contributed by atoms with Crippen LogP contribution in [0.15, 0.2) is 54.2 Å². The van der Waals surface area contributed by atoms with Gasteiger partial charge in [-0.1, -0.05) is 6.07 Å². The van der Waals surface area contributed by atoms with Crippen LogP contribution in [-0.4, -0.2) is 17.1 Å².